The van der Waals surface area contributed by atoms with E-state index in [-0.39, 0.29) is 22.9 Å². The molecule has 0 saturated heterocycles. The summed E-state index contributed by atoms with van der Waals surface area (Å²) in [5.74, 6) is -3.24. The van der Waals surface area contributed by atoms with E-state index >= 15 is 0 Å². The zero-order valence-electron chi connectivity index (χ0n) is 24.0. The zero-order chi connectivity index (χ0) is 34.6. The van der Waals surface area contributed by atoms with Gasteiger partial charge in [-0.05, 0) is 56.2 Å². The molecule has 17 heteroatoms. The lowest BCUT2D eigenvalue weighted by Gasteiger charge is -2.37. The maximum Gasteiger partial charge on any atom is 0.430 e. The van der Waals surface area contributed by atoms with Gasteiger partial charge < -0.3 is 10.1 Å². The predicted octanol–water partition coefficient (Wildman–Crippen LogP) is 8.01. The van der Waals surface area contributed by atoms with Crippen molar-refractivity contribution in [3.63, 3.8) is 0 Å². The molecular weight excluding hydrogens is 685 g/mol. The van der Waals surface area contributed by atoms with E-state index in [1.54, 1.807) is 0 Å². The van der Waals surface area contributed by atoms with E-state index in [9.17, 15) is 48.5 Å². The van der Waals surface area contributed by atoms with E-state index in [1.165, 1.54) is 41.7 Å². The number of aromatic nitrogens is 2. The van der Waals surface area contributed by atoms with Crippen molar-refractivity contribution in [2.75, 3.05) is 5.32 Å². The summed E-state index contributed by atoms with van der Waals surface area (Å²) in [7, 11) is -1.20. The highest BCUT2D eigenvalue weighted by Gasteiger charge is 2.73. The number of amides is 1. The lowest BCUT2D eigenvalue weighted by Crippen LogP contribution is -2.55. The lowest BCUT2D eigenvalue weighted by molar-refractivity contribution is -0.392. The second-order valence-electron chi connectivity index (χ2n) is 10.2. The van der Waals surface area contributed by atoms with E-state index in [0.717, 1.165) is 23.2 Å². The van der Waals surface area contributed by atoms with Gasteiger partial charge in [-0.3, -0.25) is 9.00 Å². The summed E-state index contributed by atoms with van der Waals surface area (Å²) >= 11 is 1.32. The molecule has 1 aliphatic rings. The third-order valence-electron chi connectivity index (χ3n) is 7.04. The van der Waals surface area contributed by atoms with Gasteiger partial charge in [0.15, 0.2) is 0 Å². The highest BCUT2D eigenvalue weighted by molar-refractivity contribution is 7.85. The molecule has 1 fully saturated rings. The van der Waals surface area contributed by atoms with Gasteiger partial charge in [-0.1, -0.05) is 47.7 Å². The average Bonchev–Trinajstić information content (AvgIpc) is 3.37. The Bertz CT molecular complexity index is 1660. The number of anilines is 1. The molecular formula is C30H24F9N3O3S2. The summed E-state index contributed by atoms with van der Waals surface area (Å²) in [6.45, 7) is 0.255. The fraction of sp³-hybridized carbons (Fsp3) is 0.300. The summed E-state index contributed by atoms with van der Waals surface area (Å²) in [6.07, 6.45) is -10.7. The van der Waals surface area contributed by atoms with Gasteiger partial charge in [-0.2, -0.15) is 26.3 Å². The van der Waals surface area contributed by atoms with Crippen molar-refractivity contribution in [3.05, 3.63) is 106 Å². The Hall–Kier alpha value is -3.83. The van der Waals surface area contributed by atoms with Crippen LogP contribution in [0.2, 0.25) is 0 Å². The maximum atomic E-state index is 13.5. The summed E-state index contributed by atoms with van der Waals surface area (Å²) in [5.41, 5.74) is -7.00. The predicted molar refractivity (Wildman–Crippen MR) is 154 cm³/mol. The number of hydrogen-bond donors (Lipinski definition) is 1. The Morgan fingerprint density at radius 2 is 1.45 bits per heavy atom. The minimum Gasteiger partial charge on any atom is -0.349 e. The molecule has 4 aromatic rings. The van der Waals surface area contributed by atoms with E-state index < -0.39 is 58.1 Å². The van der Waals surface area contributed by atoms with Crippen LogP contribution in [0.5, 0.6) is 0 Å². The van der Waals surface area contributed by atoms with Gasteiger partial charge in [0.05, 0.1) is 17.4 Å². The number of nitrogens with one attached hydrogen (secondary N) is 1. The number of halogens is 9. The van der Waals surface area contributed by atoms with Crippen molar-refractivity contribution in [1.29, 1.82) is 0 Å². The Kier molecular flexibility index (Phi) is 11.1. The van der Waals surface area contributed by atoms with Gasteiger partial charge in [-0.15, -0.1) is 10.2 Å². The van der Waals surface area contributed by atoms with Crippen LogP contribution < -0.4 is 5.32 Å². The molecule has 1 unspecified atom stereocenters. The lowest BCUT2D eigenvalue weighted by atomic mass is 9.84. The van der Waals surface area contributed by atoms with Crippen LogP contribution >= 0.6 is 11.3 Å². The molecule has 1 amide bonds. The molecule has 1 heterocycles. The van der Waals surface area contributed by atoms with Crippen LogP contribution in [0.4, 0.5) is 44.6 Å². The molecule has 252 valence electrons. The number of benzene rings is 3. The van der Waals surface area contributed by atoms with Gasteiger partial charge in [0.1, 0.15) is 22.5 Å². The van der Waals surface area contributed by atoms with Crippen LogP contribution in [-0.4, -0.2) is 37.9 Å². The number of carbonyl (C=O) groups excluding carboxylic acids is 1. The monoisotopic (exact) mass is 709 g/mol. The standard InChI is InChI=1S/C16H10F8O.C14H14FN3O2S2/c17-12-7-4-8-13(18)11(12)9-25-14(15(19,20)21,16(22,23)24)10-5-2-1-3-6-10;1-8-17-18-14(21-8)16-13(19)9-6-12(7-9)22(20)11-4-2-10(15)3-5-11/h1-8H,9H2;2-5,9,12H,6-7H2,1H3,(H,16,18,19). The third kappa shape index (κ3) is 8.19. The van der Waals surface area contributed by atoms with Gasteiger partial charge in [0, 0.05) is 27.2 Å². The van der Waals surface area contributed by atoms with E-state index in [4.69, 9.17) is 0 Å². The van der Waals surface area contributed by atoms with Crippen LogP contribution in [0.1, 0.15) is 29.0 Å². The number of aryl methyl sites for hydroxylation is 1. The van der Waals surface area contributed by atoms with Crippen LogP contribution in [0.25, 0.3) is 0 Å². The molecule has 1 saturated carbocycles. The van der Waals surface area contributed by atoms with Crippen LogP contribution in [0, 0.1) is 30.3 Å². The average molecular weight is 710 g/mol. The third-order valence-corrected chi connectivity index (χ3v) is 9.53. The van der Waals surface area contributed by atoms with E-state index in [1.807, 2.05) is 6.92 Å². The number of hydrogen-bond acceptors (Lipinski definition) is 6. The SMILES string of the molecule is Cc1nnc(NC(=O)C2CC(S(=O)c3ccc(F)cc3)C2)s1.Fc1cccc(F)c1COC(c1ccccc1)(C(F)(F)F)C(F)(F)F. The number of alkyl halides is 6. The second kappa shape index (κ2) is 14.5. The second-order valence-corrected chi connectivity index (χ2v) is 13.1. The molecule has 1 aromatic heterocycles. The van der Waals surface area contributed by atoms with Crippen LogP contribution in [0.15, 0.2) is 77.7 Å². The molecule has 0 bridgehead atoms. The van der Waals surface area contributed by atoms with Crippen molar-refractivity contribution in [2.24, 2.45) is 5.92 Å². The summed E-state index contributed by atoms with van der Waals surface area (Å²) in [5, 5.41) is 11.6. The summed E-state index contributed by atoms with van der Waals surface area (Å²) in [4.78, 5) is 12.6. The van der Waals surface area contributed by atoms with Crippen molar-refractivity contribution in [3.8, 4) is 0 Å². The minimum absolute atomic E-state index is 0.0580. The van der Waals surface area contributed by atoms with Crippen LogP contribution in [-0.2, 0) is 32.5 Å². The first-order valence-electron chi connectivity index (χ1n) is 13.6. The van der Waals surface area contributed by atoms with Gasteiger partial charge in [-0.25, -0.2) is 13.2 Å². The largest absolute Gasteiger partial charge is 0.430 e. The summed E-state index contributed by atoms with van der Waals surface area (Å²) in [6, 6.07) is 12.3. The number of nitrogens with zero attached hydrogens (tertiary/aromatic N) is 2. The smallest absolute Gasteiger partial charge is 0.349 e. The molecule has 0 radical (unpaired) electrons. The van der Waals surface area contributed by atoms with Crippen molar-refractivity contribution in [1.82, 2.24) is 10.2 Å². The van der Waals surface area contributed by atoms with Gasteiger partial charge in [0.25, 0.3) is 5.60 Å². The zero-order valence-corrected chi connectivity index (χ0v) is 25.7. The fourth-order valence-corrected chi connectivity index (χ4v) is 6.73. The topological polar surface area (TPSA) is 81.2 Å². The first-order chi connectivity index (χ1) is 22.0. The Morgan fingerprint density at radius 3 is 1.96 bits per heavy atom. The van der Waals surface area contributed by atoms with Crippen molar-refractivity contribution in [2.45, 2.75) is 54.5 Å². The molecule has 0 aliphatic heterocycles. The summed E-state index contributed by atoms with van der Waals surface area (Å²) < 4.78 is 137. The molecule has 1 aliphatic carbocycles. The number of rotatable bonds is 8. The first kappa shape index (κ1) is 36.0. The number of carbonyl (C=O) groups is 1. The molecule has 6 nitrogen and oxygen atoms in total. The molecule has 3 aromatic carbocycles. The Labute approximate surface area is 268 Å². The van der Waals surface area contributed by atoms with Gasteiger partial charge in [0.2, 0.25) is 11.0 Å². The highest BCUT2D eigenvalue weighted by atomic mass is 32.2. The van der Waals surface area contributed by atoms with Crippen LogP contribution in [0.3, 0.4) is 0 Å². The highest BCUT2D eigenvalue weighted by Crippen LogP contribution is 2.53. The minimum atomic E-state index is -5.92. The van der Waals surface area contributed by atoms with E-state index in [0.29, 0.717) is 47.1 Å². The quantitative estimate of drug-likeness (QED) is 0.188. The fourth-order valence-electron chi connectivity index (χ4n) is 4.53. The number of ether oxygens (including phenoxy) is 1. The van der Waals surface area contributed by atoms with Crippen molar-refractivity contribution < 1.29 is 53.3 Å². The molecule has 1 atom stereocenters. The van der Waals surface area contributed by atoms with E-state index in [2.05, 4.69) is 20.3 Å². The first-order valence-corrected chi connectivity index (χ1v) is 15.6. The normalized spacial score (nSPS) is 17.2. The van der Waals surface area contributed by atoms with Gasteiger partial charge >= 0.3 is 12.4 Å². The molecule has 1 N–H and O–H groups in total. The molecule has 0 spiro atoms. The Morgan fingerprint density at radius 1 is 0.872 bits per heavy atom. The molecule has 47 heavy (non-hydrogen) atoms. The van der Waals surface area contributed by atoms with Crippen molar-refractivity contribution >= 4 is 33.2 Å². The molecule has 5 rings (SSSR count). The maximum absolute atomic E-state index is 13.5. The Balaban J connectivity index is 0.000000214.